The molecule has 1 amide bonds. The van der Waals surface area contributed by atoms with Crippen LogP contribution in [0.1, 0.15) is 32.1 Å². The fourth-order valence-corrected chi connectivity index (χ4v) is 3.61. The van der Waals surface area contributed by atoms with Crippen molar-refractivity contribution >= 4 is 23.6 Å². The average molecular weight is 272 g/mol. The first kappa shape index (κ1) is 13.7. The van der Waals surface area contributed by atoms with Crippen molar-refractivity contribution in [1.29, 1.82) is 0 Å². The number of rotatable bonds is 4. The van der Waals surface area contributed by atoms with Crippen LogP contribution in [0.15, 0.2) is 0 Å². The summed E-state index contributed by atoms with van der Waals surface area (Å²) in [5.74, 6) is 0.976. The Kier molecular flexibility index (Phi) is 4.50. The van der Waals surface area contributed by atoms with Crippen LogP contribution in [-0.4, -0.2) is 46.6 Å². The van der Waals surface area contributed by atoms with Crippen LogP contribution >= 0.6 is 11.8 Å². The molecule has 0 aromatic rings. The third-order valence-electron chi connectivity index (χ3n) is 3.68. The van der Waals surface area contributed by atoms with Crippen molar-refractivity contribution in [2.75, 3.05) is 18.1 Å². The highest BCUT2D eigenvalue weighted by Crippen LogP contribution is 2.30. The number of carboxylic acids is 1. The van der Waals surface area contributed by atoms with Crippen LogP contribution in [0.25, 0.3) is 0 Å². The van der Waals surface area contributed by atoms with Gasteiger partial charge in [-0.1, -0.05) is 12.8 Å². The van der Waals surface area contributed by atoms with Crippen molar-refractivity contribution in [3.05, 3.63) is 0 Å². The normalized spacial score (nSPS) is 26.8. The Balaban J connectivity index is 1.87. The van der Waals surface area contributed by atoms with E-state index in [-0.39, 0.29) is 11.9 Å². The number of thioether (sulfide) groups is 1. The Labute approximate surface area is 111 Å². The van der Waals surface area contributed by atoms with E-state index in [1.807, 2.05) is 11.8 Å². The van der Waals surface area contributed by atoms with Crippen LogP contribution in [0.5, 0.6) is 0 Å². The summed E-state index contributed by atoms with van der Waals surface area (Å²) < 4.78 is 0. The molecule has 1 aliphatic heterocycles. The minimum absolute atomic E-state index is 0.140. The first-order valence-corrected chi connectivity index (χ1v) is 7.63. The second kappa shape index (κ2) is 5.93. The van der Waals surface area contributed by atoms with E-state index < -0.39 is 11.5 Å². The third kappa shape index (κ3) is 3.17. The number of carbonyl (C=O) groups excluding carboxylic acids is 1. The zero-order chi connectivity index (χ0) is 13.0. The Bertz CT molecular complexity index is 323. The van der Waals surface area contributed by atoms with Gasteiger partial charge in [-0.2, -0.15) is 11.8 Å². The summed E-state index contributed by atoms with van der Waals surface area (Å²) in [6, 6.07) is 0.177. The molecule has 102 valence electrons. The van der Waals surface area contributed by atoms with E-state index >= 15 is 0 Å². The molecule has 1 aliphatic carbocycles. The number of carboxylic acid groups (broad SMARTS) is 1. The molecule has 0 bridgehead atoms. The highest BCUT2D eigenvalue weighted by molar-refractivity contribution is 7.99. The molecule has 1 saturated heterocycles. The highest BCUT2D eigenvalue weighted by atomic mass is 32.2. The van der Waals surface area contributed by atoms with Gasteiger partial charge in [-0.05, 0) is 12.8 Å². The number of hydrogen-bond donors (Lipinski definition) is 3. The third-order valence-corrected chi connectivity index (χ3v) is 4.81. The Morgan fingerprint density at radius 1 is 1.39 bits per heavy atom. The fraction of sp³-hybridized carbons (Fsp3) is 0.833. The van der Waals surface area contributed by atoms with E-state index in [0.29, 0.717) is 19.3 Å². The Morgan fingerprint density at radius 3 is 2.67 bits per heavy atom. The van der Waals surface area contributed by atoms with E-state index in [4.69, 9.17) is 0 Å². The van der Waals surface area contributed by atoms with Crippen molar-refractivity contribution in [3.63, 3.8) is 0 Å². The number of nitrogens with one attached hydrogen (secondary N) is 2. The standard InChI is InChI=1S/C12H20N2O3S/c15-10(7-9-8-18-6-5-13-9)14-12(11(16)17)3-1-2-4-12/h9,13H,1-8H2,(H,14,15)(H,16,17). The van der Waals surface area contributed by atoms with Gasteiger partial charge in [0, 0.05) is 30.5 Å². The molecule has 0 spiro atoms. The summed E-state index contributed by atoms with van der Waals surface area (Å²) in [6.07, 6.45) is 3.25. The highest BCUT2D eigenvalue weighted by Gasteiger charge is 2.42. The summed E-state index contributed by atoms with van der Waals surface area (Å²) >= 11 is 1.83. The van der Waals surface area contributed by atoms with E-state index in [2.05, 4.69) is 10.6 Å². The summed E-state index contributed by atoms with van der Waals surface area (Å²) in [5, 5.41) is 15.3. The van der Waals surface area contributed by atoms with Gasteiger partial charge in [-0.25, -0.2) is 4.79 Å². The lowest BCUT2D eigenvalue weighted by molar-refractivity contribution is -0.147. The van der Waals surface area contributed by atoms with Crippen LogP contribution in [0.2, 0.25) is 0 Å². The molecule has 1 saturated carbocycles. The monoisotopic (exact) mass is 272 g/mol. The molecule has 0 aromatic heterocycles. The SMILES string of the molecule is O=C(CC1CSCCN1)NC1(C(=O)O)CCCC1. The van der Waals surface area contributed by atoms with Crippen LogP contribution in [0, 0.1) is 0 Å². The van der Waals surface area contributed by atoms with Gasteiger partial charge in [-0.3, -0.25) is 4.79 Å². The van der Waals surface area contributed by atoms with Gasteiger partial charge in [-0.15, -0.1) is 0 Å². The average Bonchev–Trinajstić information content (AvgIpc) is 2.80. The molecule has 2 rings (SSSR count). The summed E-state index contributed by atoms with van der Waals surface area (Å²) in [5.41, 5.74) is -1.00. The second-order valence-corrected chi connectivity index (χ2v) is 6.22. The number of carbonyl (C=O) groups is 2. The van der Waals surface area contributed by atoms with Crippen LogP contribution < -0.4 is 10.6 Å². The second-order valence-electron chi connectivity index (χ2n) is 5.07. The van der Waals surface area contributed by atoms with Crippen molar-refractivity contribution in [1.82, 2.24) is 10.6 Å². The van der Waals surface area contributed by atoms with Gasteiger partial charge in [0.05, 0.1) is 0 Å². The van der Waals surface area contributed by atoms with Gasteiger partial charge in [0.25, 0.3) is 0 Å². The van der Waals surface area contributed by atoms with Gasteiger partial charge >= 0.3 is 5.97 Å². The van der Waals surface area contributed by atoms with Gasteiger partial charge in [0.2, 0.25) is 5.91 Å². The van der Waals surface area contributed by atoms with Crippen molar-refractivity contribution < 1.29 is 14.7 Å². The van der Waals surface area contributed by atoms with E-state index in [1.165, 1.54) is 0 Å². The molecule has 2 aliphatic rings. The predicted octanol–water partition coefficient (Wildman–Crippen LogP) is 0.595. The number of aliphatic carboxylic acids is 1. The Hall–Kier alpha value is -0.750. The molecule has 1 heterocycles. The molecule has 1 unspecified atom stereocenters. The summed E-state index contributed by atoms with van der Waals surface area (Å²) in [7, 11) is 0. The van der Waals surface area contributed by atoms with Gasteiger partial charge in [0.1, 0.15) is 5.54 Å². The smallest absolute Gasteiger partial charge is 0.329 e. The maximum absolute atomic E-state index is 12.0. The zero-order valence-corrected chi connectivity index (χ0v) is 11.2. The molecule has 18 heavy (non-hydrogen) atoms. The fourth-order valence-electron chi connectivity index (χ4n) is 2.66. The van der Waals surface area contributed by atoms with Gasteiger partial charge in [0.15, 0.2) is 0 Å². The minimum atomic E-state index is -1.00. The van der Waals surface area contributed by atoms with Crippen molar-refractivity contribution in [3.8, 4) is 0 Å². The molecule has 3 N–H and O–H groups in total. The summed E-state index contributed by atoms with van der Waals surface area (Å²) in [6.45, 7) is 0.923. The van der Waals surface area contributed by atoms with Gasteiger partial charge < -0.3 is 15.7 Å². The summed E-state index contributed by atoms with van der Waals surface area (Å²) in [4.78, 5) is 23.3. The maximum Gasteiger partial charge on any atom is 0.329 e. The molecule has 2 fully saturated rings. The number of hydrogen-bond acceptors (Lipinski definition) is 4. The van der Waals surface area contributed by atoms with Crippen LogP contribution in [0.4, 0.5) is 0 Å². The lowest BCUT2D eigenvalue weighted by Gasteiger charge is -2.28. The predicted molar refractivity (Wildman–Crippen MR) is 70.7 cm³/mol. The molecule has 0 radical (unpaired) electrons. The first-order valence-electron chi connectivity index (χ1n) is 6.48. The molecular formula is C12H20N2O3S. The molecule has 0 aromatic carbocycles. The molecule has 5 nitrogen and oxygen atoms in total. The zero-order valence-electron chi connectivity index (χ0n) is 10.4. The quantitative estimate of drug-likeness (QED) is 0.698. The van der Waals surface area contributed by atoms with Crippen LogP contribution in [-0.2, 0) is 9.59 Å². The van der Waals surface area contributed by atoms with Crippen molar-refractivity contribution in [2.24, 2.45) is 0 Å². The van der Waals surface area contributed by atoms with Crippen molar-refractivity contribution in [2.45, 2.75) is 43.7 Å². The van der Waals surface area contributed by atoms with E-state index in [1.54, 1.807) is 0 Å². The van der Waals surface area contributed by atoms with Crippen LogP contribution in [0.3, 0.4) is 0 Å². The number of amides is 1. The topological polar surface area (TPSA) is 78.4 Å². The minimum Gasteiger partial charge on any atom is -0.480 e. The molecule has 1 atom stereocenters. The van der Waals surface area contributed by atoms with E-state index in [9.17, 15) is 14.7 Å². The maximum atomic E-state index is 12.0. The molecular weight excluding hydrogens is 252 g/mol. The molecule has 6 heteroatoms. The Morgan fingerprint density at radius 2 is 2.11 bits per heavy atom. The van der Waals surface area contributed by atoms with E-state index in [0.717, 1.165) is 30.9 Å². The lowest BCUT2D eigenvalue weighted by atomic mass is 9.97. The first-order chi connectivity index (χ1) is 8.62. The lowest BCUT2D eigenvalue weighted by Crippen LogP contribution is -2.54. The largest absolute Gasteiger partial charge is 0.480 e.